The van der Waals surface area contributed by atoms with Crippen LogP contribution in [0.1, 0.15) is 5.56 Å². The van der Waals surface area contributed by atoms with Crippen molar-refractivity contribution in [2.75, 3.05) is 0 Å². The Balaban J connectivity index is 2.94. The largest absolute Gasteiger partial charge is 0.192 e. The molecule has 0 aliphatic heterocycles. The molecule has 0 spiro atoms. The van der Waals surface area contributed by atoms with Gasteiger partial charge in [0.15, 0.2) is 0 Å². The predicted octanol–water partition coefficient (Wildman–Crippen LogP) is 3.00. The molecule has 0 fully saturated rings. The van der Waals surface area contributed by atoms with Crippen LogP contribution in [0.4, 0.5) is 0 Å². The summed E-state index contributed by atoms with van der Waals surface area (Å²) in [5.74, 6) is 0. The smallest absolute Gasteiger partial charge is 0.0998 e. The second kappa shape index (κ2) is 3.12. The first-order chi connectivity index (χ1) is 6.33. The monoisotopic (exact) mass is 185 g/mol. The molecule has 0 heterocycles. The summed E-state index contributed by atoms with van der Waals surface area (Å²) in [4.78, 5) is 0.912. The quantitative estimate of drug-likeness (QED) is 0.627. The Hall–Kier alpha value is -1.46. The first kappa shape index (κ1) is 8.15. The molecule has 0 amide bonds. The lowest BCUT2D eigenvalue weighted by molar-refractivity contribution is 1.49. The standard InChI is InChI=1S/C11H7NS/c12-7-8-3-1-5-10-9(8)4-2-6-11(10)13/h1-6,13H. The van der Waals surface area contributed by atoms with Crippen LogP contribution in [0.2, 0.25) is 0 Å². The van der Waals surface area contributed by atoms with Crippen molar-refractivity contribution in [1.82, 2.24) is 0 Å². The van der Waals surface area contributed by atoms with E-state index in [1.807, 2.05) is 36.4 Å². The SMILES string of the molecule is N#Cc1cccc2c(S)cccc12. The van der Waals surface area contributed by atoms with Gasteiger partial charge in [-0.2, -0.15) is 5.26 Å². The van der Waals surface area contributed by atoms with Crippen molar-refractivity contribution in [2.24, 2.45) is 0 Å². The van der Waals surface area contributed by atoms with Crippen LogP contribution in [0.3, 0.4) is 0 Å². The van der Waals surface area contributed by atoms with E-state index in [2.05, 4.69) is 18.7 Å². The third-order valence-corrected chi connectivity index (χ3v) is 2.41. The van der Waals surface area contributed by atoms with Gasteiger partial charge in [-0.3, -0.25) is 0 Å². The minimum Gasteiger partial charge on any atom is -0.192 e. The maximum absolute atomic E-state index is 8.85. The first-order valence-electron chi connectivity index (χ1n) is 3.94. The van der Waals surface area contributed by atoms with Gasteiger partial charge in [0.2, 0.25) is 0 Å². The molecule has 13 heavy (non-hydrogen) atoms. The molecule has 0 saturated heterocycles. The maximum Gasteiger partial charge on any atom is 0.0998 e. The number of benzene rings is 2. The molecule has 0 aliphatic carbocycles. The van der Waals surface area contributed by atoms with Crippen LogP contribution < -0.4 is 0 Å². The number of thiol groups is 1. The number of rotatable bonds is 0. The molecule has 1 nitrogen and oxygen atoms in total. The predicted molar refractivity (Wildman–Crippen MR) is 55.9 cm³/mol. The summed E-state index contributed by atoms with van der Waals surface area (Å²) >= 11 is 4.33. The van der Waals surface area contributed by atoms with Gasteiger partial charge in [0, 0.05) is 10.3 Å². The Labute approximate surface area is 82.0 Å². The molecule has 0 aliphatic rings. The number of fused-ring (bicyclic) bond motifs is 1. The molecule has 0 unspecified atom stereocenters. The van der Waals surface area contributed by atoms with E-state index in [0.29, 0.717) is 5.56 Å². The van der Waals surface area contributed by atoms with Crippen LogP contribution in [-0.2, 0) is 0 Å². The molecule has 0 bridgehead atoms. The van der Waals surface area contributed by atoms with E-state index in [-0.39, 0.29) is 0 Å². The van der Waals surface area contributed by atoms with Crippen molar-refractivity contribution in [3.8, 4) is 6.07 Å². The van der Waals surface area contributed by atoms with E-state index >= 15 is 0 Å². The van der Waals surface area contributed by atoms with E-state index in [1.54, 1.807) is 0 Å². The topological polar surface area (TPSA) is 23.8 Å². The number of hydrogen-bond acceptors (Lipinski definition) is 2. The molecular formula is C11H7NS. The maximum atomic E-state index is 8.85. The average Bonchev–Trinajstić information content (AvgIpc) is 2.18. The van der Waals surface area contributed by atoms with Crippen LogP contribution in [0, 0.1) is 11.3 Å². The summed E-state index contributed by atoms with van der Waals surface area (Å²) in [6.07, 6.45) is 0. The molecule has 0 aromatic heterocycles. The average molecular weight is 185 g/mol. The Morgan fingerprint density at radius 1 is 1.00 bits per heavy atom. The molecule has 2 aromatic carbocycles. The lowest BCUT2D eigenvalue weighted by atomic mass is 10.1. The van der Waals surface area contributed by atoms with E-state index in [1.165, 1.54) is 0 Å². The van der Waals surface area contributed by atoms with E-state index in [9.17, 15) is 0 Å². The number of hydrogen-bond donors (Lipinski definition) is 1. The molecule has 0 atom stereocenters. The first-order valence-corrected chi connectivity index (χ1v) is 4.38. The van der Waals surface area contributed by atoms with Gasteiger partial charge in [0.25, 0.3) is 0 Å². The van der Waals surface area contributed by atoms with Crippen molar-refractivity contribution in [2.45, 2.75) is 4.90 Å². The van der Waals surface area contributed by atoms with Gasteiger partial charge in [0.1, 0.15) is 0 Å². The molecule has 0 saturated carbocycles. The Bertz CT molecular complexity index is 497. The van der Waals surface area contributed by atoms with E-state index in [4.69, 9.17) is 5.26 Å². The molecule has 2 aromatic rings. The molecule has 2 heteroatoms. The molecule has 0 radical (unpaired) electrons. The van der Waals surface area contributed by atoms with Gasteiger partial charge in [-0.1, -0.05) is 24.3 Å². The third kappa shape index (κ3) is 1.28. The van der Waals surface area contributed by atoms with E-state index < -0.39 is 0 Å². The third-order valence-electron chi connectivity index (χ3n) is 2.02. The van der Waals surface area contributed by atoms with Crippen LogP contribution in [0.5, 0.6) is 0 Å². The van der Waals surface area contributed by atoms with Gasteiger partial charge >= 0.3 is 0 Å². The lowest BCUT2D eigenvalue weighted by Gasteiger charge is -2.01. The fourth-order valence-electron chi connectivity index (χ4n) is 1.39. The Morgan fingerprint density at radius 2 is 1.69 bits per heavy atom. The minimum absolute atomic E-state index is 0.702. The summed E-state index contributed by atoms with van der Waals surface area (Å²) < 4.78 is 0. The number of nitriles is 1. The fourth-order valence-corrected chi connectivity index (χ4v) is 1.67. The van der Waals surface area contributed by atoms with Crippen molar-refractivity contribution >= 4 is 23.4 Å². The fraction of sp³-hybridized carbons (Fsp3) is 0. The van der Waals surface area contributed by atoms with Crippen LogP contribution in [0.15, 0.2) is 41.3 Å². The van der Waals surface area contributed by atoms with Gasteiger partial charge in [-0.25, -0.2) is 0 Å². The zero-order valence-corrected chi connectivity index (χ0v) is 7.75. The molecular weight excluding hydrogens is 178 g/mol. The zero-order valence-electron chi connectivity index (χ0n) is 6.86. The summed E-state index contributed by atoms with van der Waals surface area (Å²) in [6, 6.07) is 13.6. The minimum atomic E-state index is 0.702. The summed E-state index contributed by atoms with van der Waals surface area (Å²) in [5, 5.41) is 10.9. The van der Waals surface area contributed by atoms with Crippen molar-refractivity contribution in [3.05, 3.63) is 42.0 Å². The van der Waals surface area contributed by atoms with Crippen molar-refractivity contribution < 1.29 is 0 Å². The molecule has 0 N–H and O–H groups in total. The van der Waals surface area contributed by atoms with Crippen LogP contribution in [-0.4, -0.2) is 0 Å². The summed E-state index contributed by atoms with van der Waals surface area (Å²) in [7, 11) is 0. The lowest BCUT2D eigenvalue weighted by Crippen LogP contribution is -1.79. The highest BCUT2D eigenvalue weighted by Gasteiger charge is 2.00. The zero-order chi connectivity index (χ0) is 9.26. The van der Waals surface area contributed by atoms with Crippen LogP contribution >= 0.6 is 12.6 Å². The Kier molecular flexibility index (Phi) is 1.96. The van der Waals surface area contributed by atoms with Gasteiger partial charge in [-0.05, 0) is 17.5 Å². The number of nitrogens with zero attached hydrogens (tertiary/aromatic N) is 1. The molecule has 62 valence electrons. The highest BCUT2D eigenvalue weighted by atomic mass is 32.1. The second-order valence-electron chi connectivity index (χ2n) is 2.79. The highest BCUT2D eigenvalue weighted by molar-refractivity contribution is 7.80. The van der Waals surface area contributed by atoms with Gasteiger partial charge in [-0.15, -0.1) is 12.6 Å². The Morgan fingerprint density at radius 3 is 2.46 bits per heavy atom. The van der Waals surface area contributed by atoms with Crippen LogP contribution in [0.25, 0.3) is 10.8 Å². The normalized spacial score (nSPS) is 9.85. The van der Waals surface area contributed by atoms with Crippen molar-refractivity contribution in [3.63, 3.8) is 0 Å². The van der Waals surface area contributed by atoms with Gasteiger partial charge < -0.3 is 0 Å². The summed E-state index contributed by atoms with van der Waals surface area (Å²) in [5.41, 5.74) is 0.702. The van der Waals surface area contributed by atoms with E-state index in [0.717, 1.165) is 15.7 Å². The highest BCUT2D eigenvalue weighted by Crippen LogP contribution is 2.23. The van der Waals surface area contributed by atoms with Crippen molar-refractivity contribution in [1.29, 1.82) is 5.26 Å². The second-order valence-corrected chi connectivity index (χ2v) is 3.27. The molecule has 2 rings (SSSR count). The van der Waals surface area contributed by atoms with Gasteiger partial charge in [0.05, 0.1) is 11.6 Å². The summed E-state index contributed by atoms with van der Waals surface area (Å²) in [6.45, 7) is 0.